The molecule has 1 aliphatic rings. The molecule has 0 radical (unpaired) electrons. The second-order valence-electron chi connectivity index (χ2n) is 5.26. The largest absolute Gasteiger partial charge is 0.314 e. The first-order valence-electron chi connectivity index (χ1n) is 6.24. The molecule has 0 atom stereocenters. The van der Waals surface area contributed by atoms with Crippen molar-refractivity contribution in [2.45, 2.75) is 26.3 Å². The van der Waals surface area contributed by atoms with E-state index in [9.17, 15) is 4.39 Å². The molecule has 3 heteroatoms. The minimum absolute atomic E-state index is 0.0272. The van der Waals surface area contributed by atoms with Gasteiger partial charge in [-0.3, -0.25) is 4.90 Å². The van der Waals surface area contributed by atoms with Gasteiger partial charge >= 0.3 is 0 Å². The molecule has 1 N–H and O–H groups in total. The Bertz CT molecular complexity index is 395. The smallest absolute Gasteiger partial charge is 0.126 e. The average molecular weight is 236 g/mol. The maximum absolute atomic E-state index is 13.3. The van der Waals surface area contributed by atoms with Gasteiger partial charge in [-0.15, -0.1) is 0 Å². The molecule has 0 aliphatic carbocycles. The van der Waals surface area contributed by atoms with Crippen molar-refractivity contribution >= 4 is 0 Å². The van der Waals surface area contributed by atoms with Crippen LogP contribution in [0, 0.1) is 12.7 Å². The summed E-state index contributed by atoms with van der Waals surface area (Å²) in [6.45, 7) is 10.4. The molecule has 2 rings (SSSR count). The van der Waals surface area contributed by atoms with E-state index in [0.29, 0.717) is 0 Å². The summed E-state index contributed by atoms with van der Waals surface area (Å²) in [5.41, 5.74) is 1.89. The van der Waals surface area contributed by atoms with E-state index in [1.807, 2.05) is 19.1 Å². The van der Waals surface area contributed by atoms with E-state index in [2.05, 4.69) is 24.1 Å². The van der Waals surface area contributed by atoms with E-state index in [1.54, 1.807) is 6.07 Å². The van der Waals surface area contributed by atoms with Gasteiger partial charge in [0.05, 0.1) is 0 Å². The number of piperazine rings is 1. The van der Waals surface area contributed by atoms with Crippen molar-refractivity contribution in [3.8, 4) is 0 Å². The van der Waals surface area contributed by atoms with Crippen LogP contribution in [-0.4, -0.2) is 31.1 Å². The highest BCUT2D eigenvalue weighted by Crippen LogP contribution is 2.29. The molecule has 0 unspecified atom stereocenters. The molecule has 0 bridgehead atoms. The fourth-order valence-corrected chi connectivity index (χ4v) is 2.43. The molecule has 1 aromatic carbocycles. The van der Waals surface area contributed by atoms with Gasteiger partial charge in [0.2, 0.25) is 0 Å². The van der Waals surface area contributed by atoms with Crippen molar-refractivity contribution in [2.75, 3.05) is 26.2 Å². The molecule has 1 heterocycles. The van der Waals surface area contributed by atoms with Crippen molar-refractivity contribution in [1.82, 2.24) is 10.2 Å². The summed E-state index contributed by atoms with van der Waals surface area (Å²) in [5, 5.41) is 3.36. The van der Waals surface area contributed by atoms with E-state index in [0.717, 1.165) is 31.7 Å². The van der Waals surface area contributed by atoms with Gasteiger partial charge in [0.25, 0.3) is 0 Å². The van der Waals surface area contributed by atoms with Crippen LogP contribution in [0.2, 0.25) is 0 Å². The van der Waals surface area contributed by atoms with Crippen LogP contribution in [0.5, 0.6) is 0 Å². The van der Waals surface area contributed by atoms with Gasteiger partial charge in [-0.05, 0) is 38.0 Å². The number of rotatable bonds is 2. The van der Waals surface area contributed by atoms with Crippen molar-refractivity contribution < 1.29 is 4.39 Å². The third kappa shape index (κ3) is 2.50. The van der Waals surface area contributed by atoms with Crippen molar-refractivity contribution in [1.29, 1.82) is 0 Å². The third-order valence-corrected chi connectivity index (χ3v) is 3.77. The van der Waals surface area contributed by atoms with Crippen LogP contribution in [0.1, 0.15) is 25.0 Å². The zero-order valence-corrected chi connectivity index (χ0v) is 10.9. The Morgan fingerprint density at radius 2 is 1.88 bits per heavy atom. The van der Waals surface area contributed by atoms with Crippen LogP contribution in [0.25, 0.3) is 0 Å². The standard InChI is InChI=1S/C14H21FN2/c1-11-10-12(4-5-13(11)15)14(2,3)17-8-6-16-7-9-17/h4-5,10,16H,6-9H2,1-3H3. The Labute approximate surface area is 103 Å². The molecular formula is C14H21FN2. The number of benzene rings is 1. The van der Waals surface area contributed by atoms with Crippen LogP contribution in [0.3, 0.4) is 0 Å². The lowest BCUT2D eigenvalue weighted by atomic mass is 9.90. The summed E-state index contributed by atoms with van der Waals surface area (Å²) in [6, 6.07) is 5.45. The highest BCUT2D eigenvalue weighted by Gasteiger charge is 2.29. The van der Waals surface area contributed by atoms with Gasteiger partial charge in [0.15, 0.2) is 0 Å². The fourth-order valence-electron chi connectivity index (χ4n) is 2.43. The fraction of sp³-hybridized carbons (Fsp3) is 0.571. The van der Waals surface area contributed by atoms with Crippen LogP contribution in [0.4, 0.5) is 4.39 Å². The predicted octanol–water partition coefficient (Wildman–Crippen LogP) is 2.27. The predicted molar refractivity (Wildman–Crippen MR) is 68.6 cm³/mol. The number of halogens is 1. The Kier molecular flexibility index (Phi) is 3.50. The first-order valence-corrected chi connectivity index (χ1v) is 6.24. The van der Waals surface area contributed by atoms with Crippen LogP contribution in [0.15, 0.2) is 18.2 Å². The van der Waals surface area contributed by atoms with Gasteiger partial charge in [-0.2, -0.15) is 0 Å². The first kappa shape index (κ1) is 12.5. The SMILES string of the molecule is Cc1cc(C(C)(C)N2CCNCC2)ccc1F. The lowest BCUT2D eigenvalue weighted by molar-refractivity contribution is 0.102. The van der Waals surface area contributed by atoms with E-state index in [-0.39, 0.29) is 11.4 Å². The molecular weight excluding hydrogens is 215 g/mol. The first-order chi connectivity index (χ1) is 8.01. The number of nitrogens with one attached hydrogen (secondary N) is 1. The van der Waals surface area contributed by atoms with Crippen molar-refractivity contribution in [3.05, 3.63) is 35.1 Å². The van der Waals surface area contributed by atoms with E-state index in [4.69, 9.17) is 0 Å². The van der Waals surface area contributed by atoms with Gasteiger partial charge in [0.1, 0.15) is 5.82 Å². The Hall–Kier alpha value is -0.930. The third-order valence-electron chi connectivity index (χ3n) is 3.77. The van der Waals surface area contributed by atoms with Crippen LogP contribution in [-0.2, 0) is 5.54 Å². The van der Waals surface area contributed by atoms with Gasteiger partial charge in [-0.1, -0.05) is 12.1 Å². The highest BCUT2D eigenvalue weighted by molar-refractivity contribution is 5.29. The van der Waals surface area contributed by atoms with Gasteiger partial charge in [-0.25, -0.2) is 4.39 Å². The zero-order chi connectivity index (χ0) is 12.5. The molecule has 1 aliphatic heterocycles. The molecule has 0 saturated carbocycles. The number of hydrogen-bond donors (Lipinski definition) is 1. The lowest BCUT2D eigenvalue weighted by Crippen LogP contribution is -2.51. The summed E-state index contributed by atoms with van der Waals surface area (Å²) in [6.07, 6.45) is 0. The molecule has 94 valence electrons. The second-order valence-corrected chi connectivity index (χ2v) is 5.26. The maximum atomic E-state index is 13.3. The number of hydrogen-bond acceptors (Lipinski definition) is 2. The Morgan fingerprint density at radius 3 is 2.47 bits per heavy atom. The summed E-state index contributed by atoms with van der Waals surface area (Å²) >= 11 is 0. The molecule has 0 spiro atoms. The zero-order valence-electron chi connectivity index (χ0n) is 10.9. The molecule has 0 amide bonds. The van der Waals surface area contributed by atoms with Gasteiger partial charge in [0, 0.05) is 31.7 Å². The Balaban J connectivity index is 2.26. The van der Waals surface area contributed by atoms with Crippen molar-refractivity contribution in [2.24, 2.45) is 0 Å². The van der Waals surface area contributed by atoms with E-state index >= 15 is 0 Å². The van der Waals surface area contributed by atoms with E-state index in [1.165, 1.54) is 5.56 Å². The number of nitrogens with zero attached hydrogens (tertiary/aromatic N) is 1. The van der Waals surface area contributed by atoms with Gasteiger partial charge < -0.3 is 5.32 Å². The summed E-state index contributed by atoms with van der Waals surface area (Å²) in [7, 11) is 0. The Morgan fingerprint density at radius 1 is 1.24 bits per heavy atom. The summed E-state index contributed by atoms with van der Waals surface area (Å²) in [4.78, 5) is 2.45. The minimum atomic E-state index is -0.120. The van der Waals surface area contributed by atoms with Crippen LogP contribution >= 0.6 is 0 Å². The quantitative estimate of drug-likeness (QED) is 0.847. The molecule has 1 fully saturated rings. The van der Waals surface area contributed by atoms with Crippen LogP contribution < -0.4 is 5.32 Å². The molecule has 0 aromatic heterocycles. The highest BCUT2D eigenvalue weighted by atomic mass is 19.1. The average Bonchev–Trinajstić information content (AvgIpc) is 2.33. The maximum Gasteiger partial charge on any atom is 0.126 e. The molecule has 2 nitrogen and oxygen atoms in total. The molecule has 1 aromatic rings. The monoisotopic (exact) mass is 236 g/mol. The van der Waals surface area contributed by atoms with Crippen molar-refractivity contribution in [3.63, 3.8) is 0 Å². The molecule has 1 saturated heterocycles. The summed E-state index contributed by atoms with van der Waals surface area (Å²) in [5.74, 6) is -0.120. The second kappa shape index (κ2) is 4.75. The minimum Gasteiger partial charge on any atom is -0.314 e. The topological polar surface area (TPSA) is 15.3 Å². The van der Waals surface area contributed by atoms with E-state index < -0.39 is 0 Å². The lowest BCUT2D eigenvalue weighted by Gasteiger charge is -2.41. The summed E-state index contributed by atoms with van der Waals surface area (Å²) < 4.78 is 13.3. The molecule has 17 heavy (non-hydrogen) atoms. The normalized spacial score (nSPS) is 18.4. The number of aryl methyl sites for hydroxylation is 1.